The van der Waals surface area contributed by atoms with Crippen LogP contribution in [0.15, 0.2) is 17.2 Å². The second-order valence-electron chi connectivity index (χ2n) is 2.08. The predicted molar refractivity (Wildman–Crippen MR) is 57.7 cm³/mol. The molecule has 0 spiro atoms. The lowest BCUT2D eigenvalue weighted by Crippen LogP contribution is -1.80. The van der Waals surface area contributed by atoms with E-state index in [1.165, 1.54) is 6.07 Å². The second kappa shape index (κ2) is 4.33. The van der Waals surface area contributed by atoms with Crippen LogP contribution in [-0.4, -0.2) is 0 Å². The van der Waals surface area contributed by atoms with Gasteiger partial charge in [-0.2, -0.15) is 5.26 Å². The molecule has 0 aromatic heterocycles. The van der Waals surface area contributed by atoms with Gasteiger partial charge in [0.1, 0.15) is 6.07 Å². The summed E-state index contributed by atoms with van der Waals surface area (Å²) in [5, 5.41) is 12.3. The molecule has 6 heteroatoms. The normalized spacial score (nSPS) is 8.69. The van der Waals surface area contributed by atoms with Crippen LogP contribution in [0.3, 0.4) is 0 Å². The van der Waals surface area contributed by atoms with E-state index in [1.54, 1.807) is 6.07 Å². The van der Waals surface area contributed by atoms with Crippen LogP contribution in [0, 0.1) is 14.9 Å². The molecular weight excluding hydrogens is 302 g/mol. The van der Waals surface area contributed by atoms with Crippen LogP contribution in [0.2, 0.25) is 5.02 Å². The van der Waals surface area contributed by atoms with Gasteiger partial charge < -0.3 is 0 Å². The highest BCUT2D eigenvalue weighted by Gasteiger charge is 2.04. The maximum absolute atomic E-state index is 8.62. The van der Waals surface area contributed by atoms with Crippen molar-refractivity contribution in [1.82, 2.24) is 0 Å². The molecule has 13 heavy (non-hydrogen) atoms. The highest BCUT2D eigenvalue weighted by Crippen LogP contribution is 2.28. The number of azide groups is 1. The maximum Gasteiger partial charge on any atom is 0.101 e. The molecule has 0 heterocycles. The average molecular weight is 304 g/mol. The Morgan fingerprint density at radius 1 is 1.62 bits per heavy atom. The Bertz CT molecular complexity index is 431. The average Bonchev–Trinajstić information content (AvgIpc) is 2.11. The van der Waals surface area contributed by atoms with E-state index in [9.17, 15) is 0 Å². The maximum atomic E-state index is 8.62. The minimum absolute atomic E-state index is 0.297. The lowest BCUT2D eigenvalue weighted by atomic mass is 10.2. The van der Waals surface area contributed by atoms with E-state index < -0.39 is 0 Å². The fourth-order valence-electron chi connectivity index (χ4n) is 0.747. The van der Waals surface area contributed by atoms with E-state index in [-0.39, 0.29) is 0 Å². The minimum Gasteiger partial charge on any atom is -0.192 e. The van der Waals surface area contributed by atoms with E-state index in [4.69, 9.17) is 22.4 Å². The molecule has 0 unspecified atom stereocenters. The largest absolute Gasteiger partial charge is 0.192 e. The Hall–Kier alpha value is -0.960. The molecular formula is C7H2ClIN4. The molecule has 0 saturated carbocycles. The molecule has 64 valence electrons. The van der Waals surface area contributed by atoms with Crippen LogP contribution in [0.1, 0.15) is 5.56 Å². The molecule has 0 N–H and O–H groups in total. The topological polar surface area (TPSA) is 72.5 Å². The van der Waals surface area contributed by atoms with E-state index in [0.717, 1.165) is 0 Å². The molecule has 0 atom stereocenters. The van der Waals surface area contributed by atoms with Crippen LogP contribution in [0.4, 0.5) is 5.69 Å². The zero-order valence-electron chi connectivity index (χ0n) is 6.20. The van der Waals surface area contributed by atoms with Crippen molar-refractivity contribution in [2.45, 2.75) is 0 Å². The lowest BCUT2D eigenvalue weighted by molar-refractivity contribution is 1.42. The third-order valence-electron chi connectivity index (χ3n) is 1.31. The van der Waals surface area contributed by atoms with Crippen molar-refractivity contribution in [2.75, 3.05) is 0 Å². The first-order valence-electron chi connectivity index (χ1n) is 3.13. The summed E-state index contributed by atoms with van der Waals surface area (Å²) < 4.78 is 0.705. The molecule has 0 fully saturated rings. The van der Waals surface area contributed by atoms with Crippen molar-refractivity contribution in [3.8, 4) is 6.07 Å². The number of nitriles is 1. The highest BCUT2D eigenvalue weighted by molar-refractivity contribution is 14.1. The van der Waals surface area contributed by atoms with Crippen molar-refractivity contribution in [2.24, 2.45) is 5.11 Å². The molecule has 1 aromatic carbocycles. The molecule has 0 saturated heterocycles. The first-order chi connectivity index (χ1) is 6.19. The van der Waals surface area contributed by atoms with E-state index in [1.807, 2.05) is 28.7 Å². The third kappa shape index (κ3) is 2.25. The predicted octanol–water partition coefficient (Wildman–Crippen LogP) is 3.76. The first-order valence-corrected chi connectivity index (χ1v) is 4.59. The molecule has 1 rings (SSSR count). The van der Waals surface area contributed by atoms with Gasteiger partial charge >= 0.3 is 0 Å². The highest BCUT2D eigenvalue weighted by atomic mass is 127. The summed E-state index contributed by atoms with van der Waals surface area (Å²) in [5.74, 6) is 0. The molecule has 1 aromatic rings. The Balaban J connectivity index is 3.38. The van der Waals surface area contributed by atoms with Gasteiger partial charge in [-0.1, -0.05) is 16.7 Å². The van der Waals surface area contributed by atoms with Gasteiger partial charge in [0.2, 0.25) is 0 Å². The number of nitrogens with zero attached hydrogens (tertiary/aromatic N) is 4. The zero-order chi connectivity index (χ0) is 9.84. The number of benzene rings is 1. The Morgan fingerprint density at radius 2 is 2.31 bits per heavy atom. The van der Waals surface area contributed by atoms with E-state index in [2.05, 4.69) is 10.0 Å². The molecule has 4 nitrogen and oxygen atoms in total. The van der Waals surface area contributed by atoms with E-state index in [0.29, 0.717) is 19.8 Å². The van der Waals surface area contributed by atoms with Gasteiger partial charge in [-0.05, 0) is 40.3 Å². The number of hydrogen-bond donors (Lipinski definition) is 0. The Labute approximate surface area is 92.9 Å². The van der Waals surface area contributed by atoms with Gasteiger partial charge in [-0.3, -0.25) is 0 Å². The minimum atomic E-state index is 0.297. The fraction of sp³-hybridized carbons (Fsp3) is 0. The van der Waals surface area contributed by atoms with Gasteiger partial charge in [0.05, 0.1) is 16.3 Å². The summed E-state index contributed by atoms with van der Waals surface area (Å²) in [6, 6.07) is 4.98. The number of rotatable bonds is 1. The molecule has 0 aliphatic rings. The summed E-state index contributed by atoms with van der Waals surface area (Å²) in [5.41, 5.74) is 9.02. The molecule has 0 aliphatic heterocycles. The summed E-state index contributed by atoms with van der Waals surface area (Å²) in [6.45, 7) is 0. The third-order valence-corrected chi connectivity index (χ3v) is 2.49. The molecule has 0 radical (unpaired) electrons. The van der Waals surface area contributed by atoms with Crippen molar-refractivity contribution in [3.05, 3.63) is 36.7 Å². The van der Waals surface area contributed by atoms with Gasteiger partial charge in [0, 0.05) is 8.48 Å². The van der Waals surface area contributed by atoms with Crippen molar-refractivity contribution in [1.29, 1.82) is 5.26 Å². The molecule has 0 aliphatic carbocycles. The van der Waals surface area contributed by atoms with Gasteiger partial charge in [0.15, 0.2) is 0 Å². The second-order valence-corrected chi connectivity index (χ2v) is 3.65. The summed E-state index contributed by atoms with van der Waals surface area (Å²) in [6.07, 6.45) is 0. The van der Waals surface area contributed by atoms with Crippen molar-refractivity contribution >= 4 is 39.9 Å². The summed E-state index contributed by atoms with van der Waals surface area (Å²) in [4.78, 5) is 2.64. The molecule has 0 amide bonds. The Morgan fingerprint density at radius 3 is 2.85 bits per heavy atom. The van der Waals surface area contributed by atoms with Crippen LogP contribution in [-0.2, 0) is 0 Å². The monoisotopic (exact) mass is 304 g/mol. The quantitative estimate of drug-likeness (QED) is 0.337. The van der Waals surface area contributed by atoms with E-state index >= 15 is 0 Å². The van der Waals surface area contributed by atoms with Crippen LogP contribution < -0.4 is 0 Å². The Kier molecular flexibility index (Phi) is 3.37. The van der Waals surface area contributed by atoms with Crippen LogP contribution >= 0.6 is 34.2 Å². The number of halogens is 2. The van der Waals surface area contributed by atoms with Gasteiger partial charge in [-0.15, -0.1) is 0 Å². The fourth-order valence-corrected chi connectivity index (χ4v) is 1.52. The lowest BCUT2D eigenvalue weighted by Gasteiger charge is -1.99. The first kappa shape index (κ1) is 10.1. The van der Waals surface area contributed by atoms with Crippen LogP contribution in [0.5, 0.6) is 0 Å². The smallest absolute Gasteiger partial charge is 0.101 e. The van der Waals surface area contributed by atoms with Gasteiger partial charge in [0.25, 0.3) is 0 Å². The zero-order valence-corrected chi connectivity index (χ0v) is 9.11. The van der Waals surface area contributed by atoms with Crippen molar-refractivity contribution < 1.29 is 0 Å². The standard InChI is InChI=1S/C7H2ClIN4/c8-5-2-7(12-13-11)6(9)1-4(5)3-10/h1-2H. The van der Waals surface area contributed by atoms with Crippen LogP contribution in [0.25, 0.3) is 10.4 Å². The number of hydrogen-bond acceptors (Lipinski definition) is 2. The van der Waals surface area contributed by atoms with Crippen molar-refractivity contribution in [3.63, 3.8) is 0 Å². The molecule has 0 bridgehead atoms. The summed E-state index contributed by atoms with van der Waals surface area (Å²) >= 11 is 7.70. The SMILES string of the molecule is N#Cc1cc(I)c(N=[N+]=[N-])cc1Cl. The van der Waals surface area contributed by atoms with Gasteiger partial charge in [-0.25, -0.2) is 0 Å². The summed E-state index contributed by atoms with van der Waals surface area (Å²) in [7, 11) is 0.